The SMILES string of the molecule is C[C@@H]1C[C@H]1N(CC1(CN2CC(F)(F)C[C@H]2C(=O)O)CC1)C(=O)OC(C)(C)C. The quantitative estimate of drug-likeness (QED) is 0.757. The summed E-state index contributed by atoms with van der Waals surface area (Å²) in [6.07, 6.45) is 1.51. The van der Waals surface area contributed by atoms with Crippen molar-refractivity contribution in [3.8, 4) is 0 Å². The Morgan fingerprint density at radius 1 is 1.30 bits per heavy atom. The molecule has 0 unspecified atom stereocenters. The highest BCUT2D eigenvalue weighted by atomic mass is 19.3. The monoisotopic (exact) mass is 388 g/mol. The number of carboxylic acids is 1. The van der Waals surface area contributed by atoms with Gasteiger partial charge in [0, 0.05) is 31.0 Å². The molecule has 1 heterocycles. The lowest BCUT2D eigenvalue weighted by Gasteiger charge is -2.33. The van der Waals surface area contributed by atoms with Crippen molar-refractivity contribution in [2.45, 2.75) is 77.0 Å². The highest BCUT2D eigenvalue weighted by Crippen LogP contribution is 2.50. The molecule has 0 aromatic carbocycles. The van der Waals surface area contributed by atoms with E-state index >= 15 is 0 Å². The average Bonchev–Trinajstić information content (AvgIpc) is 3.37. The van der Waals surface area contributed by atoms with Crippen LogP contribution in [0.2, 0.25) is 0 Å². The van der Waals surface area contributed by atoms with Crippen molar-refractivity contribution < 1.29 is 28.2 Å². The predicted octanol–water partition coefficient (Wildman–Crippen LogP) is 3.21. The van der Waals surface area contributed by atoms with Crippen molar-refractivity contribution in [3.05, 3.63) is 0 Å². The molecular formula is C19H30F2N2O4. The number of likely N-dealkylation sites (tertiary alicyclic amines) is 1. The first-order valence-electron chi connectivity index (χ1n) is 9.65. The Bertz CT molecular complexity index is 615. The van der Waals surface area contributed by atoms with Crippen molar-refractivity contribution in [1.82, 2.24) is 9.80 Å². The third kappa shape index (κ3) is 4.89. The maximum absolute atomic E-state index is 13.8. The number of carboxylic acid groups (broad SMARTS) is 1. The number of ether oxygens (including phenoxy) is 1. The zero-order chi connectivity index (χ0) is 20.2. The number of alkyl halides is 2. The summed E-state index contributed by atoms with van der Waals surface area (Å²) >= 11 is 0. The number of carbonyl (C=O) groups excluding carboxylic acids is 1. The number of aliphatic carboxylic acids is 1. The van der Waals surface area contributed by atoms with E-state index in [1.54, 1.807) is 4.90 Å². The van der Waals surface area contributed by atoms with Gasteiger partial charge < -0.3 is 14.7 Å². The first-order valence-corrected chi connectivity index (χ1v) is 9.65. The molecule has 1 saturated heterocycles. The fraction of sp³-hybridized carbons (Fsp3) is 0.895. The molecule has 0 aromatic rings. The fourth-order valence-electron chi connectivity index (χ4n) is 4.00. The third-order valence-electron chi connectivity index (χ3n) is 5.75. The van der Waals surface area contributed by atoms with Crippen LogP contribution in [0.15, 0.2) is 0 Å². The van der Waals surface area contributed by atoms with Gasteiger partial charge in [0.05, 0.1) is 6.54 Å². The minimum atomic E-state index is -2.98. The summed E-state index contributed by atoms with van der Waals surface area (Å²) in [5, 5.41) is 9.30. The van der Waals surface area contributed by atoms with Gasteiger partial charge in [-0.05, 0) is 46.0 Å². The Labute approximate surface area is 158 Å². The highest BCUT2D eigenvalue weighted by molar-refractivity contribution is 5.74. The van der Waals surface area contributed by atoms with Crippen molar-refractivity contribution >= 4 is 12.1 Å². The molecular weight excluding hydrogens is 358 g/mol. The lowest BCUT2D eigenvalue weighted by Crippen LogP contribution is -2.46. The minimum Gasteiger partial charge on any atom is -0.480 e. The largest absolute Gasteiger partial charge is 0.480 e. The number of nitrogens with zero attached hydrogens (tertiary/aromatic N) is 2. The first kappa shape index (κ1) is 20.3. The molecule has 3 atom stereocenters. The van der Waals surface area contributed by atoms with Crippen LogP contribution < -0.4 is 0 Å². The number of hydrogen-bond donors (Lipinski definition) is 1. The summed E-state index contributed by atoms with van der Waals surface area (Å²) in [4.78, 5) is 27.2. The summed E-state index contributed by atoms with van der Waals surface area (Å²) < 4.78 is 33.1. The predicted molar refractivity (Wildman–Crippen MR) is 94.7 cm³/mol. The molecule has 0 radical (unpaired) electrons. The van der Waals surface area contributed by atoms with Crippen molar-refractivity contribution in [3.63, 3.8) is 0 Å². The van der Waals surface area contributed by atoms with E-state index < -0.39 is 36.5 Å². The van der Waals surface area contributed by atoms with E-state index in [0.29, 0.717) is 12.5 Å². The molecule has 6 nitrogen and oxygen atoms in total. The first-order chi connectivity index (χ1) is 12.3. The van der Waals surface area contributed by atoms with Gasteiger partial charge in [-0.1, -0.05) is 6.92 Å². The molecule has 3 rings (SSSR count). The zero-order valence-corrected chi connectivity index (χ0v) is 16.5. The van der Waals surface area contributed by atoms with E-state index in [1.807, 2.05) is 20.8 Å². The number of hydrogen-bond acceptors (Lipinski definition) is 4. The minimum absolute atomic E-state index is 0.118. The molecule has 0 bridgehead atoms. The maximum Gasteiger partial charge on any atom is 0.410 e. The van der Waals surface area contributed by atoms with Crippen molar-refractivity contribution in [2.75, 3.05) is 19.6 Å². The van der Waals surface area contributed by atoms with Crippen LogP contribution in [-0.4, -0.2) is 70.2 Å². The van der Waals surface area contributed by atoms with Gasteiger partial charge in [0.15, 0.2) is 0 Å². The Kier molecular flexibility index (Phi) is 4.94. The van der Waals surface area contributed by atoms with Crippen LogP contribution >= 0.6 is 0 Å². The molecule has 2 aliphatic carbocycles. The maximum atomic E-state index is 13.8. The normalized spacial score (nSPS) is 31.4. The third-order valence-corrected chi connectivity index (χ3v) is 5.75. The molecule has 1 N–H and O–H groups in total. The van der Waals surface area contributed by atoms with Gasteiger partial charge in [0.25, 0.3) is 5.92 Å². The van der Waals surface area contributed by atoms with Crippen LogP contribution in [0.5, 0.6) is 0 Å². The molecule has 2 saturated carbocycles. The Morgan fingerprint density at radius 2 is 1.89 bits per heavy atom. The number of carbonyl (C=O) groups is 2. The summed E-state index contributed by atoms with van der Waals surface area (Å²) in [6, 6.07) is -1.04. The van der Waals surface area contributed by atoms with Gasteiger partial charge in [-0.15, -0.1) is 0 Å². The fourth-order valence-corrected chi connectivity index (χ4v) is 4.00. The van der Waals surface area contributed by atoms with Crippen LogP contribution in [-0.2, 0) is 9.53 Å². The second-order valence-electron chi connectivity index (χ2n) is 9.71. The second-order valence-corrected chi connectivity index (χ2v) is 9.71. The van der Waals surface area contributed by atoms with Gasteiger partial charge >= 0.3 is 12.1 Å². The summed E-state index contributed by atoms with van der Waals surface area (Å²) in [5.74, 6) is -3.78. The van der Waals surface area contributed by atoms with E-state index in [4.69, 9.17) is 4.74 Å². The summed E-state index contributed by atoms with van der Waals surface area (Å²) in [7, 11) is 0. The smallest absolute Gasteiger partial charge is 0.410 e. The number of amides is 1. The molecule has 3 fully saturated rings. The number of rotatable bonds is 6. The molecule has 3 aliphatic rings. The lowest BCUT2D eigenvalue weighted by molar-refractivity contribution is -0.142. The molecule has 0 aromatic heterocycles. The molecule has 1 amide bonds. The van der Waals surface area contributed by atoms with Crippen LogP contribution in [0, 0.1) is 11.3 Å². The van der Waals surface area contributed by atoms with Crippen LogP contribution in [0.3, 0.4) is 0 Å². The van der Waals surface area contributed by atoms with Crippen LogP contribution in [0.4, 0.5) is 13.6 Å². The Morgan fingerprint density at radius 3 is 2.33 bits per heavy atom. The topological polar surface area (TPSA) is 70.1 Å². The zero-order valence-electron chi connectivity index (χ0n) is 16.5. The average molecular weight is 388 g/mol. The molecule has 27 heavy (non-hydrogen) atoms. The van der Waals surface area contributed by atoms with Crippen molar-refractivity contribution in [2.24, 2.45) is 11.3 Å². The molecule has 0 spiro atoms. The van der Waals surface area contributed by atoms with Gasteiger partial charge in [-0.3, -0.25) is 9.69 Å². The second kappa shape index (κ2) is 6.57. The van der Waals surface area contributed by atoms with Crippen LogP contribution in [0.1, 0.15) is 53.4 Å². The van der Waals surface area contributed by atoms with Crippen molar-refractivity contribution in [1.29, 1.82) is 0 Å². The summed E-state index contributed by atoms with van der Waals surface area (Å²) in [5.41, 5.74) is -0.914. The van der Waals surface area contributed by atoms with E-state index in [-0.39, 0.29) is 24.1 Å². The van der Waals surface area contributed by atoms with E-state index in [2.05, 4.69) is 6.92 Å². The summed E-state index contributed by atoms with van der Waals surface area (Å²) in [6.45, 7) is 7.70. The molecule has 1 aliphatic heterocycles. The lowest BCUT2D eigenvalue weighted by atomic mass is 10.0. The highest BCUT2D eigenvalue weighted by Gasteiger charge is 2.55. The van der Waals surface area contributed by atoms with E-state index in [9.17, 15) is 23.5 Å². The molecule has 8 heteroatoms. The van der Waals surface area contributed by atoms with Gasteiger partial charge in [-0.25, -0.2) is 13.6 Å². The van der Waals surface area contributed by atoms with E-state index in [1.165, 1.54) is 4.90 Å². The van der Waals surface area contributed by atoms with E-state index in [0.717, 1.165) is 19.3 Å². The number of halogens is 2. The van der Waals surface area contributed by atoms with Crippen LogP contribution in [0.25, 0.3) is 0 Å². The Hall–Kier alpha value is -1.44. The standard InChI is InChI=1S/C19H30F2N2O4/c1-12-7-13(12)23(16(26)27-17(2,3)4)10-18(5-6-18)9-22-11-19(20,21)8-14(22)15(24)25/h12-14H,5-11H2,1-4H3,(H,24,25)/t12-,13-,14+/m1/s1. The van der Waals surface area contributed by atoms with Gasteiger partial charge in [0.2, 0.25) is 0 Å². The van der Waals surface area contributed by atoms with Gasteiger partial charge in [0.1, 0.15) is 11.6 Å². The molecule has 154 valence electrons. The Balaban J connectivity index is 1.69. The van der Waals surface area contributed by atoms with Gasteiger partial charge in [-0.2, -0.15) is 0 Å².